The lowest BCUT2D eigenvalue weighted by Crippen LogP contribution is -2.65. The van der Waals surface area contributed by atoms with Crippen LogP contribution in [0.5, 0.6) is 5.75 Å². The molecule has 0 spiro atoms. The summed E-state index contributed by atoms with van der Waals surface area (Å²) >= 11 is 0. The highest BCUT2D eigenvalue weighted by molar-refractivity contribution is 6.41. The van der Waals surface area contributed by atoms with E-state index >= 15 is 24.0 Å². The predicted octanol–water partition coefficient (Wildman–Crippen LogP) is 3.11. The van der Waals surface area contributed by atoms with E-state index in [1.165, 1.54) is 65.8 Å². The molecule has 2 heterocycles. The molecule has 1 aliphatic heterocycles. The summed E-state index contributed by atoms with van der Waals surface area (Å²) in [6, 6.07) is 7.30. The van der Waals surface area contributed by atoms with Gasteiger partial charge in [0.1, 0.15) is 53.3 Å². The second kappa shape index (κ2) is 48.1. The van der Waals surface area contributed by atoms with Crippen LogP contribution >= 0.6 is 0 Å². The highest BCUT2D eigenvalue weighted by atomic mass is 16.4. The van der Waals surface area contributed by atoms with Gasteiger partial charge in [-0.05, 0) is 146 Å². The first kappa shape index (κ1) is 98.5. The van der Waals surface area contributed by atoms with Gasteiger partial charge in [-0.15, -0.1) is 0 Å². The number of carbonyl (C=O) groups is 16. The molecule has 1 aromatic heterocycles. The number of aliphatic carboxylic acids is 1. The number of fused-ring (bicyclic) bond motifs is 1. The van der Waals surface area contributed by atoms with Crippen LogP contribution in [-0.4, -0.2) is 199 Å². The number of rotatable bonds is 32. The molecule has 4 aromatic rings. The Bertz CT molecular complexity index is 4210. The number of carboxylic acid groups (broad SMARTS) is 1. The summed E-state index contributed by atoms with van der Waals surface area (Å²) in [5.74, 6) is -16.5. The molecule has 119 heavy (non-hydrogen) atoms. The average molecular weight is 1660 g/mol. The first-order chi connectivity index (χ1) is 56.1. The zero-order chi connectivity index (χ0) is 88.4. The van der Waals surface area contributed by atoms with Gasteiger partial charge in [0, 0.05) is 75.0 Å². The van der Waals surface area contributed by atoms with Gasteiger partial charge in [0.25, 0.3) is 0 Å². The average Bonchev–Trinajstić information content (AvgIpc) is 0.876. The van der Waals surface area contributed by atoms with Crippen LogP contribution in [0.1, 0.15) is 196 Å². The SMILES string of the molecule is CC(=O)N[C@@H](CC(C)C)C(=O)N[C@H](C(=O)N[C@@H](Cc1ccccc1)C(=O)N[C@]1(C)CCCCCC/C=C/CCC[C@@](C)(C(=O)CN[C@H](C)C(=O)C[C@H](C)C(N)=O)NC(=O)[C@H](CC(C)C)CN[C@@H](CCC(N)=O)C(=O)C(=O)[C@H](C)NC(=O)[C@H](Cc2c[nH]c3ccccc23)NC(=O)C(Cc2ccc(O)cc2)NC(=O)[C@H](CCC(=O)O)NC1=O)[C@@H](C)O. The van der Waals surface area contributed by atoms with E-state index in [2.05, 4.69) is 63.5 Å². The minimum atomic E-state index is -2.03. The molecule has 652 valence electrons. The number of hydrogen-bond donors (Lipinski definition) is 17. The summed E-state index contributed by atoms with van der Waals surface area (Å²) in [5, 5.41) is 62.3. The molecule has 1 aliphatic rings. The number of nitrogens with one attached hydrogen (secondary N) is 12. The number of H-pyrrole nitrogens is 1. The van der Waals surface area contributed by atoms with Crippen LogP contribution in [-0.2, 0) is 96.0 Å². The number of nitrogens with two attached hydrogens (primary N) is 2. The summed E-state index contributed by atoms with van der Waals surface area (Å²) in [6.07, 6.45) is 4.05. The largest absolute Gasteiger partial charge is 0.508 e. The van der Waals surface area contributed by atoms with E-state index in [4.69, 9.17) is 11.5 Å². The van der Waals surface area contributed by atoms with Crippen molar-refractivity contribution in [2.24, 2.45) is 35.1 Å². The molecular weight excluding hydrogens is 1530 g/mol. The Hall–Kier alpha value is -11.1. The highest BCUT2D eigenvalue weighted by Crippen LogP contribution is 2.25. The summed E-state index contributed by atoms with van der Waals surface area (Å²) < 4.78 is 0. The number of amides is 11. The third-order valence-electron chi connectivity index (χ3n) is 21.1. The van der Waals surface area contributed by atoms with Gasteiger partial charge >= 0.3 is 5.97 Å². The van der Waals surface area contributed by atoms with E-state index in [0.29, 0.717) is 66.1 Å². The molecule has 0 saturated heterocycles. The molecule has 0 radical (unpaired) electrons. The quantitative estimate of drug-likeness (QED) is 0.0247. The molecule has 5 rings (SSSR count). The fourth-order valence-electron chi connectivity index (χ4n) is 13.9. The van der Waals surface area contributed by atoms with E-state index in [9.17, 15) is 68.1 Å². The Morgan fingerprint density at radius 2 is 1.23 bits per heavy atom. The number of para-hydroxylation sites is 1. The fraction of sp³-hybridized carbons (Fsp3) is 0.558. The number of aromatic amines is 1. The topological polar surface area (TPSA) is 534 Å². The third kappa shape index (κ3) is 33.0. The molecule has 0 fully saturated rings. The smallest absolute Gasteiger partial charge is 0.303 e. The van der Waals surface area contributed by atoms with E-state index in [-0.39, 0.29) is 101 Å². The number of carbonyl (C=O) groups excluding carboxylic acids is 15. The van der Waals surface area contributed by atoms with E-state index in [1.807, 2.05) is 39.8 Å². The molecule has 0 aliphatic carbocycles. The van der Waals surface area contributed by atoms with Gasteiger partial charge in [0.05, 0.1) is 42.2 Å². The second-order valence-electron chi connectivity index (χ2n) is 32.6. The van der Waals surface area contributed by atoms with Gasteiger partial charge in [0.15, 0.2) is 5.78 Å². The maximum atomic E-state index is 15.5. The van der Waals surface area contributed by atoms with Crippen molar-refractivity contribution in [3.8, 4) is 5.75 Å². The lowest BCUT2D eigenvalue weighted by Gasteiger charge is -2.34. The van der Waals surface area contributed by atoms with Crippen LogP contribution in [0.15, 0.2) is 97.2 Å². The number of hydrogen-bond acceptors (Lipinski definition) is 20. The second-order valence-corrected chi connectivity index (χ2v) is 32.6. The van der Waals surface area contributed by atoms with Crippen molar-refractivity contribution < 1.29 is 92.0 Å². The number of phenols is 1. The van der Waals surface area contributed by atoms with E-state index in [1.54, 1.807) is 67.7 Å². The van der Waals surface area contributed by atoms with Gasteiger partial charge in [-0.2, -0.15) is 0 Å². The summed E-state index contributed by atoms with van der Waals surface area (Å²) in [4.78, 5) is 229. The molecule has 11 amide bonds. The van der Waals surface area contributed by atoms with Gasteiger partial charge in [-0.1, -0.05) is 127 Å². The molecule has 1 unspecified atom stereocenters. The highest BCUT2D eigenvalue weighted by Gasteiger charge is 2.43. The molecule has 14 atom stereocenters. The van der Waals surface area contributed by atoms with Gasteiger partial charge in [-0.25, -0.2) is 0 Å². The number of phenolic OH excluding ortho intramolecular Hbond substituents is 1. The Kier molecular flexibility index (Phi) is 39.8. The minimum absolute atomic E-state index is 0.0882. The van der Waals surface area contributed by atoms with Crippen molar-refractivity contribution in [2.45, 2.75) is 270 Å². The summed E-state index contributed by atoms with van der Waals surface area (Å²) in [5.41, 5.74) is 9.37. The maximum Gasteiger partial charge on any atom is 0.303 e. The fourth-order valence-corrected chi connectivity index (χ4v) is 13.9. The first-order valence-corrected chi connectivity index (χ1v) is 40.9. The number of aliphatic hydroxyl groups is 1. The number of aromatic nitrogens is 1. The maximum absolute atomic E-state index is 15.5. The molecule has 0 saturated carbocycles. The molecule has 3 aromatic carbocycles. The van der Waals surface area contributed by atoms with Crippen molar-refractivity contribution in [1.82, 2.24) is 63.5 Å². The Morgan fingerprint density at radius 3 is 1.85 bits per heavy atom. The Labute approximate surface area is 695 Å². The zero-order valence-electron chi connectivity index (χ0n) is 70.2. The summed E-state index contributed by atoms with van der Waals surface area (Å²) in [7, 11) is 0. The van der Waals surface area contributed by atoms with Crippen LogP contribution in [0.3, 0.4) is 0 Å². The lowest BCUT2D eigenvalue weighted by atomic mass is 9.87. The number of benzene rings is 3. The lowest BCUT2D eigenvalue weighted by molar-refractivity contribution is -0.140. The molecule has 19 N–H and O–H groups in total. The zero-order valence-corrected chi connectivity index (χ0v) is 70.2. The Morgan fingerprint density at radius 1 is 0.613 bits per heavy atom. The number of carboxylic acids is 1. The standard InChI is InChI=1S/C86H124N14O19/c1-49(2)40-59-47-91-63(34-36-71(87)106)75(110)74(109)53(7)92-79(114)68(45-58-46-90-62-29-23-22-28-61(58)62)95-80(115)66(44-57-30-32-60(103)33-31-57)94-78(113)64(35-37-72(107)108)97-84(119)86(11,39-25-18-16-14-12-13-15-17-24-38-85(10,99-77(59)112)70(105)48-89-52(6)69(104)42-51(5)76(88)111)100-82(117)67(43-56-26-20-19-21-27-56)96-83(118)73(54(8)101)98-81(116)65(41-50(3)4)93-55(9)102/h13,15,19-23,26-33,46,49-54,59,63-68,73,89-91,101,103H,12,14,16-18,24-25,34-45,47-48H2,1-11H3,(H2,87,106)(H2,88,111)(H,92,114)(H,93,102)(H,94,113)(H,95,115)(H,96,118)(H,97,119)(H,98,116)(H,99,112)(H,100,117)(H,107,108)/b15-13+/t51-,52+,53-,54+,59+,63-,64-,65-,66?,67-,68-,73-,85-,86+/m0/s1. The molecular formula is C86H124N14O19. The number of allylic oxidation sites excluding steroid dienone is 2. The monoisotopic (exact) mass is 1660 g/mol. The number of ketones is 4. The van der Waals surface area contributed by atoms with Crippen LogP contribution in [0.2, 0.25) is 0 Å². The van der Waals surface area contributed by atoms with Crippen LogP contribution < -0.4 is 70.0 Å². The number of Topliss-reactive ketones (excluding diaryl/α,β-unsaturated/α-hetero) is 4. The first-order valence-electron chi connectivity index (χ1n) is 40.9. The van der Waals surface area contributed by atoms with Crippen LogP contribution in [0.4, 0.5) is 0 Å². The minimum Gasteiger partial charge on any atom is -0.508 e. The van der Waals surface area contributed by atoms with Gasteiger partial charge in [0.2, 0.25) is 76.5 Å². The molecule has 0 bridgehead atoms. The van der Waals surface area contributed by atoms with E-state index in [0.717, 1.165) is 0 Å². The molecule has 33 nitrogen and oxygen atoms in total. The number of aromatic hydroxyl groups is 1. The van der Waals surface area contributed by atoms with Crippen molar-refractivity contribution in [1.29, 1.82) is 0 Å². The van der Waals surface area contributed by atoms with Gasteiger partial charge in [-0.3, -0.25) is 76.7 Å². The summed E-state index contributed by atoms with van der Waals surface area (Å²) in [6.45, 7) is 16.3. The number of primary amides is 2. The van der Waals surface area contributed by atoms with Crippen LogP contribution in [0, 0.1) is 23.7 Å². The third-order valence-corrected chi connectivity index (χ3v) is 21.1. The van der Waals surface area contributed by atoms with Gasteiger partial charge < -0.3 is 90.3 Å². The van der Waals surface area contributed by atoms with Crippen LogP contribution in [0.25, 0.3) is 10.9 Å². The van der Waals surface area contributed by atoms with Crippen molar-refractivity contribution >= 4 is 105 Å². The molecule has 33 heteroatoms. The van der Waals surface area contributed by atoms with Crippen molar-refractivity contribution in [2.75, 3.05) is 13.1 Å². The Balaban J connectivity index is 1.64. The van der Waals surface area contributed by atoms with E-state index < -0.39 is 191 Å². The van der Waals surface area contributed by atoms with Crippen molar-refractivity contribution in [3.63, 3.8) is 0 Å². The predicted molar refractivity (Wildman–Crippen MR) is 444 cm³/mol. The number of aliphatic hydroxyl groups excluding tert-OH is 1. The van der Waals surface area contributed by atoms with Crippen molar-refractivity contribution in [3.05, 3.63) is 114 Å². The normalized spacial score (nSPS) is 22.8.